The van der Waals surface area contributed by atoms with Crippen molar-refractivity contribution in [3.05, 3.63) is 83.9 Å². The van der Waals surface area contributed by atoms with E-state index in [4.69, 9.17) is 0 Å². The molecule has 3 rings (SSSR count). The Morgan fingerprint density at radius 1 is 0.826 bits per heavy atom. The van der Waals surface area contributed by atoms with E-state index < -0.39 is 0 Å². The first-order valence-corrected chi connectivity index (χ1v) is 8.43. The van der Waals surface area contributed by atoms with Crippen LogP contribution in [-0.4, -0.2) is 18.5 Å². The van der Waals surface area contributed by atoms with Crippen molar-refractivity contribution in [3.8, 4) is 0 Å². The zero-order valence-electron chi connectivity index (χ0n) is 14.1. The summed E-state index contributed by atoms with van der Waals surface area (Å²) in [7, 11) is 2.21. The van der Waals surface area contributed by atoms with Crippen molar-refractivity contribution in [1.29, 1.82) is 0 Å². The maximum absolute atomic E-state index is 2.41. The van der Waals surface area contributed by atoms with Gasteiger partial charge in [0.1, 0.15) is 0 Å². The molecule has 1 heteroatoms. The molecule has 118 valence electrons. The van der Waals surface area contributed by atoms with Crippen LogP contribution in [0.2, 0.25) is 0 Å². The van der Waals surface area contributed by atoms with E-state index in [0.717, 1.165) is 13.1 Å². The standard InChI is InChI=1S/C22H25N/c1-18(14-15-23(2)17-19-8-4-3-5-9-19)21-13-12-20-10-6-7-11-22(20)16-21/h3-13,16,18H,14-15,17H2,1-2H3. The van der Waals surface area contributed by atoms with Gasteiger partial charge in [-0.2, -0.15) is 0 Å². The molecule has 0 bridgehead atoms. The van der Waals surface area contributed by atoms with Crippen LogP contribution >= 0.6 is 0 Å². The summed E-state index contributed by atoms with van der Waals surface area (Å²) in [5.41, 5.74) is 2.82. The summed E-state index contributed by atoms with van der Waals surface area (Å²) >= 11 is 0. The van der Waals surface area contributed by atoms with Crippen molar-refractivity contribution in [1.82, 2.24) is 4.90 Å². The molecule has 0 aliphatic heterocycles. The molecule has 1 atom stereocenters. The fourth-order valence-corrected chi connectivity index (χ4v) is 3.07. The molecule has 0 saturated carbocycles. The van der Waals surface area contributed by atoms with E-state index in [9.17, 15) is 0 Å². The molecule has 1 unspecified atom stereocenters. The van der Waals surface area contributed by atoms with Gasteiger partial charge in [-0.3, -0.25) is 0 Å². The Morgan fingerprint density at radius 2 is 1.52 bits per heavy atom. The Kier molecular flexibility index (Phi) is 5.09. The average molecular weight is 303 g/mol. The van der Waals surface area contributed by atoms with Gasteiger partial charge in [-0.05, 0) is 47.8 Å². The zero-order valence-corrected chi connectivity index (χ0v) is 14.1. The number of rotatable bonds is 6. The van der Waals surface area contributed by atoms with E-state index in [2.05, 4.69) is 91.7 Å². The molecular formula is C22H25N. The van der Waals surface area contributed by atoms with E-state index in [1.165, 1.54) is 28.3 Å². The molecule has 0 amide bonds. The summed E-state index contributed by atoms with van der Waals surface area (Å²) in [6.45, 7) is 4.47. The first-order valence-electron chi connectivity index (χ1n) is 8.43. The van der Waals surface area contributed by atoms with Gasteiger partial charge in [0.2, 0.25) is 0 Å². The molecule has 0 N–H and O–H groups in total. The summed E-state index contributed by atoms with van der Waals surface area (Å²) < 4.78 is 0. The third kappa shape index (κ3) is 4.20. The van der Waals surface area contributed by atoms with Crippen molar-refractivity contribution in [2.24, 2.45) is 0 Å². The van der Waals surface area contributed by atoms with Crippen LogP contribution in [0.4, 0.5) is 0 Å². The molecule has 23 heavy (non-hydrogen) atoms. The highest BCUT2D eigenvalue weighted by Crippen LogP contribution is 2.24. The lowest BCUT2D eigenvalue weighted by Crippen LogP contribution is -2.20. The third-order valence-electron chi connectivity index (χ3n) is 4.58. The highest BCUT2D eigenvalue weighted by Gasteiger charge is 2.08. The molecule has 0 aromatic heterocycles. The van der Waals surface area contributed by atoms with Crippen molar-refractivity contribution in [2.75, 3.05) is 13.6 Å². The van der Waals surface area contributed by atoms with Crippen LogP contribution in [-0.2, 0) is 6.54 Å². The number of benzene rings is 3. The molecule has 3 aromatic rings. The molecule has 0 radical (unpaired) electrons. The van der Waals surface area contributed by atoms with Gasteiger partial charge < -0.3 is 4.90 Å². The summed E-state index contributed by atoms with van der Waals surface area (Å²) in [6, 6.07) is 26.2. The van der Waals surface area contributed by atoms with E-state index in [1.54, 1.807) is 0 Å². The second kappa shape index (κ2) is 7.43. The van der Waals surface area contributed by atoms with Gasteiger partial charge in [0.15, 0.2) is 0 Å². The summed E-state index contributed by atoms with van der Waals surface area (Å²) in [5.74, 6) is 0.581. The molecular weight excluding hydrogens is 278 g/mol. The van der Waals surface area contributed by atoms with Gasteiger partial charge in [0.05, 0.1) is 0 Å². The van der Waals surface area contributed by atoms with Crippen LogP contribution in [0.5, 0.6) is 0 Å². The minimum atomic E-state index is 0.581. The lowest BCUT2D eigenvalue weighted by molar-refractivity contribution is 0.313. The Labute approximate surface area is 139 Å². The van der Waals surface area contributed by atoms with Crippen LogP contribution in [0.1, 0.15) is 30.4 Å². The van der Waals surface area contributed by atoms with Gasteiger partial charge in [-0.15, -0.1) is 0 Å². The van der Waals surface area contributed by atoms with E-state index in [-0.39, 0.29) is 0 Å². The summed E-state index contributed by atoms with van der Waals surface area (Å²) in [6.07, 6.45) is 1.18. The Balaban J connectivity index is 1.58. The third-order valence-corrected chi connectivity index (χ3v) is 4.58. The number of hydrogen-bond donors (Lipinski definition) is 0. The van der Waals surface area contributed by atoms with Crippen molar-refractivity contribution < 1.29 is 0 Å². The fraction of sp³-hybridized carbons (Fsp3) is 0.273. The van der Waals surface area contributed by atoms with Gasteiger partial charge in [-0.1, -0.05) is 79.7 Å². The molecule has 0 fully saturated rings. The average Bonchev–Trinajstić information content (AvgIpc) is 2.60. The highest BCUT2D eigenvalue weighted by atomic mass is 15.1. The van der Waals surface area contributed by atoms with Gasteiger partial charge in [-0.25, -0.2) is 0 Å². The quantitative estimate of drug-likeness (QED) is 0.584. The Bertz CT molecular complexity index is 748. The first kappa shape index (κ1) is 15.8. The SMILES string of the molecule is CC(CCN(C)Cc1ccccc1)c1ccc2ccccc2c1. The summed E-state index contributed by atoms with van der Waals surface area (Å²) in [4.78, 5) is 2.41. The van der Waals surface area contributed by atoms with E-state index in [0.29, 0.717) is 5.92 Å². The predicted octanol–water partition coefficient (Wildman–Crippen LogP) is 5.47. The Hall–Kier alpha value is -2.12. The largest absolute Gasteiger partial charge is 0.302 e. The second-order valence-corrected chi connectivity index (χ2v) is 6.52. The number of nitrogens with zero attached hydrogens (tertiary/aromatic N) is 1. The van der Waals surface area contributed by atoms with Crippen LogP contribution < -0.4 is 0 Å². The van der Waals surface area contributed by atoms with Crippen molar-refractivity contribution in [2.45, 2.75) is 25.8 Å². The monoisotopic (exact) mass is 303 g/mol. The van der Waals surface area contributed by atoms with E-state index >= 15 is 0 Å². The first-order chi connectivity index (χ1) is 11.2. The van der Waals surface area contributed by atoms with Crippen LogP contribution in [0.3, 0.4) is 0 Å². The van der Waals surface area contributed by atoms with E-state index in [1.807, 2.05) is 0 Å². The maximum Gasteiger partial charge on any atom is 0.0230 e. The van der Waals surface area contributed by atoms with Gasteiger partial charge >= 0.3 is 0 Å². The number of hydrogen-bond acceptors (Lipinski definition) is 1. The van der Waals surface area contributed by atoms with Crippen molar-refractivity contribution >= 4 is 10.8 Å². The minimum absolute atomic E-state index is 0.581. The van der Waals surface area contributed by atoms with Crippen LogP contribution in [0.15, 0.2) is 72.8 Å². The molecule has 3 aromatic carbocycles. The molecule has 1 nitrogen and oxygen atoms in total. The molecule has 0 heterocycles. The highest BCUT2D eigenvalue weighted by molar-refractivity contribution is 5.83. The lowest BCUT2D eigenvalue weighted by atomic mass is 9.95. The smallest absolute Gasteiger partial charge is 0.0230 e. The van der Waals surface area contributed by atoms with Gasteiger partial charge in [0, 0.05) is 6.54 Å². The Morgan fingerprint density at radius 3 is 2.30 bits per heavy atom. The molecule has 0 aliphatic carbocycles. The van der Waals surface area contributed by atoms with Crippen molar-refractivity contribution in [3.63, 3.8) is 0 Å². The number of fused-ring (bicyclic) bond motifs is 1. The van der Waals surface area contributed by atoms with Gasteiger partial charge in [0.25, 0.3) is 0 Å². The minimum Gasteiger partial charge on any atom is -0.302 e. The van der Waals surface area contributed by atoms with Crippen LogP contribution in [0.25, 0.3) is 10.8 Å². The zero-order chi connectivity index (χ0) is 16.1. The second-order valence-electron chi connectivity index (χ2n) is 6.52. The normalized spacial score (nSPS) is 12.7. The molecule has 0 spiro atoms. The molecule has 0 aliphatic rings. The van der Waals surface area contributed by atoms with Crippen LogP contribution in [0, 0.1) is 0 Å². The fourth-order valence-electron chi connectivity index (χ4n) is 3.07. The predicted molar refractivity (Wildman–Crippen MR) is 99.8 cm³/mol. The maximum atomic E-state index is 2.41. The lowest BCUT2D eigenvalue weighted by Gasteiger charge is -2.20. The topological polar surface area (TPSA) is 3.24 Å². The summed E-state index contributed by atoms with van der Waals surface area (Å²) in [5, 5.41) is 2.67. The molecule has 0 saturated heterocycles.